The van der Waals surface area contributed by atoms with E-state index in [-0.39, 0.29) is 5.41 Å². The third-order valence-corrected chi connectivity index (χ3v) is 3.98. The van der Waals surface area contributed by atoms with Crippen molar-refractivity contribution in [2.24, 2.45) is 23.2 Å². The summed E-state index contributed by atoms with van der Waals surface area (Å²) >= 11 is 5.87. The van der Waals surface area contributed by atoms with Crippen molar-refractivity contribution in [1.29, 1.82) is 0 Å². The monoisotopic (exact) mass is 184 g/mol. The fraction of sp³-hybridized carbons (Fsp3) is 0.700. The Morgan fingerprint density at radius 2 is 2.42 bits per heavy atom. The number of hydrogen-bond donors (Lipinski definition) is 0. The van der Waals surface area contributed by atoms with E-state index in [0.29, 0.717) is 23.6 Å². The molecule has 1 saturated carbocycles. The standard InChI is InChI=1S/C10H13ClO/c1-10(6-12)8-3-2-7(4-8)9(10)5-11/h2-3,6-9H,4-5H2,1H3/t7-,8-,9-,10-/m0/s1. The van der Waals surface area contributed by atoms with Gasteiger partial charge in [0.1, 0.15) is 6.29 Å². The number of alkyl halides is 1. The summed E-state index contributed by atoms with van der Waals surface area (Å²) in [5.74, 6) is 1.99. The molecule has 4 atom stereocenters. The second-order valence-electron chi connectivity index (χ2n) is 4.14. The number of rotatable bonds is 2. The number of halogens is 1. The van der Waals surface area contributed by atoms with Crippen molar-refractivity contribution < 1.29 is 4.79 Å². The number of carbonyl (C=O) groups excluding carboxylic acids is 1. The molecule has 2 aliphatic carbocycles. The molecule has 1 fully saturated rings. The van der Waals surface area contributed by atoms with Gasteiger partial charge in [-0.2, -0.15) is 0 Å². The normalized spacial score (nSPS) is 50.0. The van der Waals surface area contributed by atoms with Gasteiger partial charge < -0.3 is 4.79 Å². The Hall–Kier alpha value is -0.300. The molecule has 66 valence electrons. The van der Waals surface area contributed by atoms with Crippen molar-refractivity contribution in [3.63, 3.8) is 0 Å². The molecule has 2 aliphatic rings. The molecule has 0 N–H and O–H groups in total. The Kier molecular flexibility index (Phi) is 1.80. The Morgan fingerprint density at radius 3 is 2.92 bits per heavy atom. The van der Waals surface area contributed by atoms with Gasteiger partial charge >= 0.3 is 0 Å². The predicted octanol–water partition coefficient (Wildman–Crippen LogP) is 2.25. The van der Waals surface area contributed by atoms with E-state index in [1.165, 1.54) is 0 Å². The highest BCUT2D eigenvalue weighted by Gasteiger charge is 2.52. The second-order valence-corrected chi connectivity index (χ2v) is 4.44. The summed E-state index contributed by atoms with van der Waals surface area (Å²) in [6.07, 6.45) is 6.64. The number of fused-ring (bicyclic) bond motifs is 2. The van der Waals surface area contributed by atoms with Crippen LogP contribution in [0.3, 0.4) is 0 Å². The van der Waals surface area contributed by atoms with E-state index in [1.54, 1.807) is 0 Å². The molecule has 0 saturated heterocycles. The average molecular weight is 185 g/mol. The van der Waals surface area contributed by atoms with E-state index in [2.05, 4.69) is 12.2 Å². The van der Waals surface area contributed by atoms with Crippen LogP contribution >= 0.6 is 11.6 Å². The van der Waals surface area contributed by atoms with E-state index in [0.717, 1.165) is 12.7 Å². The molecule has 0 unspecified atom stereocenters. The number of carbonyl (C=O) groups is 1. The Labute approximate surface area is 77.8 Å². The Bertz CT molecular complexity index is 236. The molecule has 2 heteroatoms. The smallest absolute Gasteiger partial charge is 0.126 e. The van der Waals surface area contributed by atoms with Crippen LogP contribution in [0.2, 0.25) is 0 Å². The van der Waals surface area contributed by atoms with Gasteiger partial charge in [-0.3, -0.25) is 0 Å². The fourth-order valence-electron chi connectivity index (χ4n) is 2.68. The van der Waals surface area contributed by atoms with Gasteiger partial charge in [0.2, 0.25) is 0 Å². The highest BCUT2D eigenvalue weighted by Crippen LogP contribution is 2.55. The van der Waals surface area contributed by atoms with Crippen LogP contribution in [0, 0.1) is 23.2 Å². The summed E-state index contributed by atoms with van der Waals surface area (Å²) in [5.41, 5.74) is -0.179. The maximum Gasteiger partial charge on any atom is 0.126 e. The second kappa shape index (κ2) is 2.59. The van der Waals surface area contributed by atoms with E-state index in [4.69, 9.17) is 11.6 Å². The summed E-state index contributed by atoms with van der Waals surface area (Å²) < 4.78 is 0. The van der Waals surface area contributed by atoms with Gasteiger partial charge in [0.15, 0.2) is 0 Å². The third-order valence-electron chi connectivity index (χ3n) is 3.65. The zero-order valence-electron chi connectivity index (χ0n) is 7.16. The Morgan fingerprint density at radius 1 is 1.67 bits per heavy atom. The van der Waals surface area contributed by atoms with Crippen LogP contribution in [-0.4, -0.2) is 12.2 Å². The SMILES string of the molecule is C[C@]1(C=O)[C@H]2C=C[C@@H](C2)[C@@H]1CCl. The molecule has 0 aromatic heterocycles. The van der Waals surface area contributed by atoms with E-state index >= 15 is 0 Å². The highest BCUT2D eigenvalue weighted by molar-refractivity contribution is 6.18. The van der Waals surface area contributed by atoms with Gasteiger partial charge in [0.25, 0.3) is 0 Å². The minimum atomic E-state index is -0.179. The predicted molar refractivity (Wildman–Crippen MR) is 49.1 cm³/mol. The number of aldehydes is 1. The molecule has 0 heterocycles. The lowest BCUT2D eigenvalue weighted by molar-refractivity contribution is -0.118. The van der Waals surface area contributed by atoms with Crippen LogP contribution in [0.1, 0.15) is 13.3 Å². The molecule has 0 aromatic carbocycles. The molecule has 0 amide bonds. The van der Waals surface area contributed by atoms with Gasteiger partial charge in [0.05, 0.1) is 0 Å². The summed E-state index contributed by atoms with van der Waals surface area (Å²) in [5, 5.41) is 0. The molecular formula is C10H13ClO. The molecule has 2 bridgehead atoms. The third kappa shape index (κ3) is 0.832. The largest absolute Gasteiger partial charge is 0.303 e. The van der Waals surface area contributed by atoms with Crippen LogP contribution in [0.15, 0.2) is 12.2 Å². The van der Waals surface area contributed by atoms with Gasteiger partial charge in [-0.15, -0.1) is 11.6 Å². The van der Waals surface area contributed by atoms with Crippen molar-refractivity contribution in [1.82, 2.24) is 0 Å². The summed E-state index contributed by atoms with van der Waals surface area (Å²) in [7, 11) is 0. The minimum absolute atomic E-state index is 0.179. The minimum Gasteiger partial charge on any atom is -0.303 e. The lowest BCUT2D eigenvalue weighted by Gasteiger charge is -2.32. The Balaban J connectivity index is 2.34. The number of hydrogen-bond acceptors (Lipinski definition) is 1. The summed E-state index contributed by atoms with van der Waals surface area (Å²) in [4.78, 5) is 11.0. The van der Waals surface area contributed by atoms with Crippen LogP contribution in [0.25, 0.3) is 0 Å². The molecule has 12 heavy (non-hydrogen) atoms. The molecule has 0 radical (unpaired) electrons. The molecule has 1 nitrogen and oxygen atoms in total. The first-order chi connectivity index (χ1) is 5.72. The maximum atomic E-state index is 11.0. The van der Waals surface area contributed by atoms with Crippen LogP contribution < -0.4 is 0 Å². The summed E-state index contributed by atoms with van der Waals surface area (Å²) in [6.45, 7) is 2.04. The van der Waals surface area contributed by atoms with Gasteiger partial charge in [-0.25, -0.2) is 0 Å². The zero-order chi connectivity index (χ0) is 8.77. The van der Waals surface area contributed by atoms with Crippen LogP contribution in [0.4, 0.5) is 0 Å². The summed E-state index contributed by atoms with van der Waals surface area (Å²) in [6, 6.07) is 0. The molecule has 0 aromatic rings. The molecular weight excluding hydrogens is 172 g/mol. The van der Waals surface area contributed by atoms with Crippen molar-refractivity contribution >= 4 is 17.9 Å². The average Bonchev–Trinajstić information content (AvgIpc) is 2.63. The lowest BCUT2D eigenvalue weighted by Crippen LogP contribution is -2.34. The van der Waals surface area contributed by atoms with Crippen molar-refractivity contribution in [2.75, 3.05) is 5.88 Å². The van der Waals surface area contributed by atoms with Crippen LogP contribution in [-0.2, 0) is 4.79 Å². The van der Waals surface area contributed by atoms with E-state index in [1.807, 2.05) is 6.92 Å². The molecule has 2 rings (SSSR count). The van der Waals surface area contributed by atoms with Crippen molar-refractivity contribution in [3.05, 3.63) is 12.2 Å². The lowest BCUT2D eigenvalue weighted by atomic mass is 9.72. The fourth-order valence-corrected chi connectivity index (χ4v) is 3.24. The van der Waals surface area contributed by atoms with Crippen molar-refractivity contribution in [3.8, 4) is 0 Å². The van der Waals surface area contributed by atoms with Gasteiger partial charge in [-0.05, 0) is 24.2 Å². The first-order valence-electron chi connectivity index (χ1n) is 4.43. The topological polar surface area (TPSA) is 17.1 Å². The molecule has 0 spiro atoms. The first-order valence-corrected chi connectivity index (χ1v) is 4.96. The maximum absolute atomic E-state index is 11.0. The first kappa shape index (κ1) is 8.31. The van der Waals surface area contributed by atoms with Crippen LogP contribution in [0.5, 0.6) is 0 Å². The zero-order valence-corrected chi connectivity index (χ0v) is 7.92. The quantitative estimate of drug-likeness (QED) is 0.366. The van der Waals surface area contributed by atoms with Gasteiger partial charge in [-0.1, -0.05) is 19.1 Å². The van der Waals surface area contributed by atoms with Gasteiger partial charge in [0, 0.05) is 11.3 Å². The van der Waals surface area contributed by atoms with Crippen molar-refractivity contribution in [2.45, 2.75) is 13.3 Å². The molecule has 0 aliphatic heterocycles. The number of allylic oxidation sites excluding steroid dienone is 2. The highest BCUT2D eigenvalue weighted by atomic mass is 35.5. The van der Waals surface area contributed by atoms with E-state index in [9.17, 15) is 4.79 Å². The van der Waals surface area contributed by atoms with E-state index < -0.39 is 0 Å².